The van der Waals surface area contributed by atoms with Crippen molar-refractivity contribution in [2.24, 2.45) is 0 Å². The number of halogens is 1. The molecular formula is C22H27ClN4O4. The standard InChI is InChI=1S/C22H27ClN4O4/c1-17-19(6-4-7-20(17)27(29)30)24-22(28)9-10-25-11-13-26(14-12-25)15-16-31-21-8-3-2-5-18(21)23/h2-8H,9-16H2,1H3,(H,24,28). The van der Waals surface area contributed by atoms with E-state index >= 15 is 0 Å². The zero-order valence-electron chi connectivity index (χ0n) is 17.6. The van der Waals surface area contributed by atoms with Gasteiger partial charge in [0, 0.05) is 51.8 Å². The summed E-state index contributed by atoms with van der Waals surface area (Å²) in [5.74, 6) is 0.562. The molecule has 0 spiro atoms. The molecule has 1 fully saturated rings. The van der Waals surface area contributed by atoms with Gasteiger partial charge in [0.2, 0.25) is 5.91 Å². The quantitative estimate of drug-likeness (QED) is 0.468. The molecule has 0 saturated carbocycles. The van der Waals surface area contributed by atoms with Crippen LogP contribution in [0.25, 0.3) is 0 Å². The van der Waals surface area contributed by atoms with Crippen LogP contribution in [0.3, 0.4) is 0 Å². The van der Waals surface area contributed by atoms with Gasteiger partial charge in [-0.05, 0) is 25.1 Å². The monoisotopic (exact) mass is 446 g/mol. The van der Waals surface area contributed by atoms with Crippen LogP contribution in [0.4, 0.5) is 11.4 Å². The predicted molar refractivity (Wildman–Crippen MR) is 121 cm³/mol. The summed E-state index contributed by atoms with van der Waals surface area (Å²) in [6.45, 7) is 7.30. The Morgan fingerprint density at radius 1 is 1.10 bits per heavy atom. The van der Waals surface area contributed by atoms with Gasteiger partial charge >= 0.3 is 0 Å². The number of nitrogens with one attached hydrogen (secondary N) is 1. The third-order valence-corrected chi connectivity index (χ3v) is 5.71. The largest absolute Gasteiger partial charge is 0.491 e. The highest BCUT2D eigenvalue weighted by molar-refractivity contribution is 6.32. The summed E-state index contributed by atoms with van der Waals surface area (Å²) < 4.78 is 5.75. The van der Waals surface area contributed by atoms with Gasteiger partial charge in [-0.3, -0.25) is 19.8 Å². The van der Waals surface area contributed by atoms with Crippen LogP contribution in [-0.2, 0) is 4.79 Å². The molecule has 0 bridgehead atoms. The normalized spacial score (nSPS) is 14.9. The molecule has 3 rings (SSSR count). The van der Waals surface area contributed by atoms with Gasteiger partial charge in [0.25, 0.3) is 5.69 Å². The number of benzene rings is 2. The van der Waals surface area contributed by atoms with Crippen molar-refractivity contribution < 1.29 is 14.5 Å². The molecule has 1 aliphatic heterocycles. The van der Waals surface area contributed by atoms with Crippen LogP contribution in [0.2, 0.25) is 5.02 Å². The number of hydrogen-bond donors (Lipinski definition) is 1. The fraction of sp³-hybridized carbons (Fsp3) is 0.409. The number of piperazine rings is 1. The molecule has 166 valence electrons. The second-order valence-corrected chi connectivity index (χ2v) is 7.87. The third kappa shape index (κ3) is 6.65. The average molecular weight is 447 g/mol. The van der Waals surface area contributed by atoms with Crippen molar-refractivity contribution in [3.8, 4) is 5.75 Å². The summed E-state index contributed by atoms with van der Waals surface area (Å²) in [5, 5.41) is 14.5. The van der Waals surface area contributed by atoms with Crippen molar-refractivity contribution in [1.82, 2.24) is 9.80 Å². The molecule has 0 atom stereocenters. The maximum absolute atomic E-state index is 12.3. The Labute approximate surface area is 186 Å². The molecule has 31 heavy (non-hydrogen) atoms. The van der Waals surface area contributed by atoms with E-state index in [9.17, 15) is 14.9 Å². The lowest BCUT2D eigenvalue weighted by Crippen LogP contribution is -2.48. The van der Waals surface area contributed by atoms with E-state index in [1.54, 1.807) is 19.1 Å². The number of nitrogens with zero attached hydrogens (tertiary/aromatic N) is 3. The maximum atomic E-state index is 12.3. The Balaban J connectivity index is 1.36. The van der Waals surface area contributed by atoms with Gasteiger partial charge in [0.1, 0.15) is 12.4 Å². The lowest BCUT2D eigenvalue weighted by Gasteiger charge is -2.34. The Hall–Kier alpha value is -2.68. The highest BCUT2D eigenvalue weighted by Gasteiger charge is 2.19. The topological polar surface area (TPSA) is 88.0 Å². The van der Waals surface area contributed by atoms with Crippen molar-refractivity contribution >= 4 is 28.9 Å². The lowest BCUT2D eigenvalue weighted by atomic mass is 10.1. The van der Waals surface area contributed by atoms with Gasteiger partial charge < -0.3 is 15.0 Å². The van der Waals surface area contributed by atoms with Gasteiger partial charge in [-0.2, -0.15) is 0 Å². The first-order valence-electron chi connectivity index (χ1n) is 10.3. The molecule has 1 aliphatic rings. The van der Waals surface area contributed by atoms with Crippen molar-refractivity contribution in [3.05, 3.63) is 63.2 Å². The van der Waals surface area contributed by atoms with Crippen molar-refractivity contribution in [2.45, 2.75) is 13.3 Å². The smallest absolute Gasteiger partial charge is 0.274 e. The Kier molecular flexibility index (Phi) is 8.22. The number of nitro groups is 1. The summed E-state index contributed by atoms with van der Waals surface area (Å²) in [4.78, 5) is 27.5. The Morgan fingerprint density at radius 3 is 2.45 bits per heavy atom. The molecular weight excluding hydrogens is 420 g/mol. The number of carbonyl (C=O) groups excluding carboxylic acids is 1. The van der Waals surface area contributed by atoms with Crippen LogP contribution in [0, 0.1) is 17.0 Å². The fourth-order valence-electron chi connectivity index (χ4n) is 3.51. The van der Waals surface area contributed by atoms with Crippen molar-refractivity contribution in [1.29, 1.82) is 0 Å². The second-order valence-electron chi connectivity index (χ2n) is 7.47. The minimum atomic E-state index is -0.441. The van der Waals surface area contributed by atoms with Crippen LogP contribution in [0.1, 0.15) is 12.0 Å². The molecule has 1 amide bonds. The van der Waals surface area contributed by atoms with Crippen molar-refractivity contribution in [2.75, 3.05) is 51.2 Å². The molecule has 9 heteroatoms. The second kappa shape index (κ2) is 11.1. The molecule has 0 unspecified atom stereocenters. The number of hydrogen-bond acceptors (Lipinski definition) is 6. The average Bonchev–Trinajstić information content (AvgIpc) is 2.76. The Bertz CT molecular complexity index is 916. The molecule has 2 aromatic rings. The summed E-state index contributed by atoms with van der Waals surface area (Å²) in [6.07, 6.45) is 0.345. The fourth-order valence-corrected chi connectivity index (χ4v) is 3.70. The summed E-state index contributed by atoms with van der Waals surface area (Å²) in [6, 6.07) is 12.1. The van der Waals surface area contributed by atoms with Crippen LogP contribution in [0.15, 0.2) is 42.5 Å². The van der Waals surface area contributed by atoms with Crippen LogP contribution in [-0.4, -0.2) is 66.5 Å². The van der Waals surface area contributed by atoms with Gasteiger partial charge in [0.15, 0.2) is 0 Å². The van der Waals surface area contributed by atoms with E-state index in [-0.39, 0.29) is 11.6 Å². The molecule has 1 N–H and O–H groups in total. The SMILES string of the molecule is Cc1c(NC(=O)CCN2CCN(CCOc3ccccc3Cl)CC2)cccc1[N+](=O)[O-]. The van der Waals surface area contributed by atoms with E-state index in [1.165, 1.54) is 6.07 Å². The van der Waals surface area contributed by atoms with E-state index in [1.807, 2.05) is 24.3 Å². The molecule has 2 aromatic carbocycles. The van der Waals surface area contributed by atoms with Gasteiger partial charge in [0.05, 0.1) is 21.2 Å². The molecule has 1 heterocycles. The van der Waals surface area contributed by atoms with Gasteiger partial charge in [-0.15, -0.1) is 0 Å². The summed E-state index contributed by atoms with van der Waals surface area (Å²) >= 11 is 6.10. The molecule has 0 aliphatic carbocycles. The first kappa shape index (κ1) is 23.0. The van der Waals surface area contributed by atoms with E-state index in [0.29, 0.717) is 41.6 Å². The van der Waals surface area contributed by atoms with Crippen molar-refractivity contribution in [3.63, 3.8) is 0 Å². The first-order chi connectivity index (χ1) is 14.9. The number of anilines is 1. The Morgan fingerprint density at radius 2 is 1.77 bits per heavy atom. The van der Waals surface area contributed by atoms with E-state index in [4.69, 9.17) is 16.3 Å². The number of nitro benzene ring substituents is 1. The number of para-hydroxylation sites is 1. The molecule has 8 nitrogen and oxygen atoms in total. The molecule has 1 saturated heterocycles. The first-order valence-corrected chi connectivity index (χ1v) is 10.7. The maximum Gasteiger partial charge on any atom is 0.274 e. The third-order valence-electron chi connectivity index (χ3n) is 5.40. The number of carbonyl (C=O) groups is 1. The number of ether oxygens (including phenoxy) is 1. The highest BCUT2D eigenvalue weighted by Crippen LogP contribution is 2.25. The van der Waals surface area contributed by atoms with E-state index in [0.717, 1.165) is 32.7 Å². The van der Waals surface area contributed by atoms with E-state index < -0.39 is 4.92 Å². The van der Waals surface area contributed by atoms with Gasteiger partial charge in [-0.1, -0.05) is 29.8 Å². The predicted octanol–water partition coefficient (Wildman–Crippen LogP) is 3.58. The van der Waals surface area contributed by atoms with Gasteiger partial charge in [-0.25, -0.2) is 0 Å². The lowest BCUT2D eigenvalue weighted by molar-refractivity contribution is -0.385. The van der Waals surface area contributed by atoms with Crippen LogP contribution in [0.5, 0.6) is 5.75 Å². The molecule has 0 radical (unpaired) electrons. The number of amides is 1. The summed E-state index contributed by atoms with van der Waals surface area (Å²) in [7, 11) is 0. The number of rotatable bonds is 9. The van der Waals surface area contributed by atoms with E-state index in [2.05, 4.69) is 15.1 Å². The minimum absolute atomic E-state index is 0.00689. The zero-order valence-corrected chi connectivity index (χ0v) is 18.3. The minimum Gasteiger partial charge on any atom is -0.491 e. The molecule has 0 aromatic heterocycles. The highest BCUT2D eigenvalue weighted by atomic mass is 35.5. The van der Waals surface area contributed by atoms with Crippen LogP contribution < -0.4 is 10.1 Å². The zero-order chi connectivity index (χ0) is 22.2. The summed E-state index contributed by atoms with van der Waals surface area (Å²) in [5.41, 5.74) is 0.962. The van der Waals surface area contributed by atoms with Crippen LogP contribution >= 0.6 is 11.6 Å².